The maximum Gasteiger partial charge on any atom is 0.420 e. The molecule has 10 heteroatoms. The minimum Gasteiger partial charge on any atom is -0.316 e. The maximum absolute atomic E-state index is 15.3. The van der Waals surface area contributed by atoms with E-state index in [1.807, 2.05) is 0 Å². The summed E-state index contributed by atoms with van der Waals surface area (Å²) in [4.78, 5) is 0. The van der Waals surface area contributed by atoms with Gasteiger partial charge >= 0.3 is 12.3 Å². The lowest BCUT2D eigenvalue weighted by Gasteiger charge is -2.34. The van der Waals surface area contributed by atoms with Crippen LogP contribution in [-0.2, 0) is 29.0 Å². The largest absolute Gasteiger partial charge is 0.420 e. The first-order valence-corrected chi connectivity index (χ1v) is 11.1. The third kappa shape index (κ3) is 3.25. The summed E-state index contributed by atoms with van der Waals surface area (Å²) < 4.78 is 80.1. The Balaban J connectivity index is 1.58. The number of nitrogens with zero attached hydrogens (tertiary/aromatic N) is 3. The smallest absolute Gasteiger partial charge is 0.316 e. The van der Waals surface area contributed by atoms with E-state index in [1.165, 1.54) is 28.8 Å². The number of aromatic nitrogens is 3. The van der Waals surface area contributed by atoms with Crippen molar-refractivity contribution in [2.75, 3.05) is 13.1 Å². The molecule has 0 atom stereocenters. The molecular formula is C23H21F5N4O. The van der Waals surface area contributed by atoms with Gasteiger partial charge in [0.1, 0.15) is 17.0 Å². The van der Waals surface area contributed by atoms with Crippen LogP contribution in [0, 0.1) is 5.92 Å². The summed E-state index contributed by atoms with van der Waals surface area (Å²) in [5.41, 5.74) is -3.40. The zero-order chi connectivity index (χ0) is 23.0. The average Bonchev–Trinajstić information content (AvgIpc) is 3.45. The first-order valence-electron chi connectivity index (χ1n) is 11.1. The Bertz CT molecular complexity index is 1240. The SMILES string of the molecule is FC(F)(F)c1c(-c2cccc3c2C(F)(F)OC32CCNCC2)ccn2c(CC3CC3)nnc12. The molecule has 0 radical (unpaired) electrons. The molecule has 4 heterocycles. The molecule has 2 aromatic heterocycles. The summed E-state index contributed by atoms with van der Waals surface area (Å²) >= 11 is 0. The topological polar surface area (TPSA) is 51.5 Å². The van der Waals surface area contributed by atoms with Crippen LogP contribution in [0.1, 0.15) is 48.2 Å². The second-order valence-corrected chi connectivity index (χ2v) is 9.15. The van der Waals surface area contributed by atoms with Crippen LogP contribution in [0.5, 0.6) is 0 Å². The van der Waals surface area contributed by atoms with E-state index in [4.69, 9.17) is 4.74 Å². The molecule has 1 aromatic carbocycles. The van der Waals surface area contributed by atoms with Crippen LogP contribution in [0.3, 0.4) is 0 Å². The summed E-state index contributed by atoms with van der Waals surface area (Å²) in [5, 5.41) is 10.9. The van der Waals surface area contributed by atoms with E-state index in [-0.39, 0.29) is 22.3 Å². The van der Waals surface area contributed by atoms with Gasteiger partial charge in [0, 0.05) is 12.6 Å². The zero-order valence-corrected chi connectivity index (χ0v) is 17.6. The summed E-state index contributed by atoms with van der Waals surface area (Å²) in [6.07, 6.45) is -3.86. The Morgan fingerprint density at radius 3 is 2.52 bits per heavy atom. The van der Waals surface area contributed by atoms with Crippen molar-refractivity contribution in [3.63, 3.8) is 0 Å². The molecule has 1 aliphatic carbocycles. The molecule has 5 nitrogen and oxygen atoms in total. The summed E-state index contributed by atoms with van der Waals surface area (Å²) in [5.74, 6) is 0.853. The number of alkyl halides is 5. The van der Waals surface area contributed by atoms with Crippen LogP contribution in [0.15, 0.2) is 30.5 Å². The van der Waals surface area contributed by atoms with E-state index in [0.717, 1.165) is 12.8 Å². The van der Waals surface area contributed by atoms with Gasteiger partial charge in [-0.25, -0.2) is 0 Å². The van der Waals surface area contributed by atoms with Gasteiger partial charge < -0.3 is 10.1 Å². The molecule has 6 rings (SSSR count). The molecule has 0 unspecified atom stereocenters. The monoisotopic (exact) mass is 464 g/mol. The number of rotatable bonds is 3. The lowest BCUT2D eigenvalue weighted by molar-refractivity contribution is -0.294. The fraction of sp³-hybridized carbons (Fsp3) is 0.478. The van der Waals surface area contributed by atoms with Gasteiger partial charge in [0.15, 0.2) is 5.65 Å². The summed E-state index contributed by atoms with van der Waals surface area (Å²) in [6, 6.07) is 5.62. The van der Waals surface area contributed by atoms with E-state index in [2.05, 4.69) is 15.5 Å². The van der Waals surface area contributed by atoms with Gasteiger partial charge in [-0.1, -0.05) is 18.2 Å². The second-order valence-electron chi connectivity index (χ2n) is 9.15. The molecule has 2 fully saturated rings. The Kier molecular flexibility index (Phi) is 4.42. The Labute approximate surface area is 186 Å². The fourth-order valence-corrected chi connectivity index (χ4v) is 5.25. The Morgan fingerprint density at radius 2 is 1.82 bits per heavy atom. The van der Waals surface area contributed by atoms with E-state index >= 15 is 8.78 Å². The predicted octanol–water partition coefficient (Wildman–Crippen LogP) is 5.03. The second kappa shape index (κ2) is 6.96. The molecular weight excluding hydrogens is 443 g/mol. The van der Waals surface area contributed by atoms with Gasteiger partial charge in [-0.2, -0.15) is 22.0 Å². The normalized spacial score (nSPS) is 21.6. The number of halogens is 5. The molecule has 3 aliphatic rings. The fourth-order valence-electron chi connectivity index (χ4n) is 5.25. The van der Waals surface area contributed by atoms with Crippen LogP contribution in [0.4, 0.5) is 22.0 Å². The van der Waals surface area contributed by atoms with Crippen molar-refractivity contribution in [3.05, 3.63) is 53.0 Å². The van der Waals surface area contributed by atoms with Crippen LogP contribution < -0.4 is 5.32 Å². The summed E-state index contributed by atoms with van der Waals surface area (Å²) in [7, 11) is 0. The lowest BCUT2D eigenvalue weighted by atomic mass is 9.82. The van der Waals surface area contributed by atoms with Crippen molar-refractivity contribution in [1.29, 1.82) is 0 Å². The quantitative estimate of drug-likeness (QED) is 0.553. The van der Waals surface area contributed by atoms with Crippen molar-refractivity contribution in [3.8, 4) is 11.1 Å². The molecule has 33 heavy (non-hydrogen) atoms. The maximum atomic E-state index is 15.3. The van der Waals surface area contributed by atoms with Crippen molar-refractivity contribution >= 4 is 5.65 Å². The van der Waals surface area contributed by atoms with Gasteiger partial charge in [0.25, 0.3) is 0 Å². The van der Waals surface area contributed by atoms with Crippen LogP contribution in [0.25, 0.3) is 16.8 Å². The van der Waals surface area contributed by atoms with E-state index in [9.17, 15) is 13.2 Å². The van der Waals surface area contributed by atoms with Gasteiger partial charge in [0.2, 0.25) is 0 Å². The third-order valence-electron chi connectivity index (χ3n) is 6.97. The number of fused-ring (bicyclic) bond motifs is 3. The number of nitrogens with one attached hydrogen (secondary N) is 1. The average molecular weight is 464 g/mol. The predicted molar refractivity (Wildman–Crippen MR) is 109 cm³/mol. The van der Waals surface area contributed by atoms with Crippen molar-refractivity contribution in [2.45, 2.75) is 50.0 Å². The molecule has 174 valence electrons. The molecule has 1 spiro atoms. The first-order chi connectivity index (χ1) is 15.7. The molecule has 0 amide bonds. The molecule has 0 bridgehead atoms. The molecule has 3 aromatic rings. The number of hydrogen-bond acceptors (Lipinski definition) is 4. The van der Waals surface area contributed by atoms with Crippen molar-refractivity contribution in [1.82, 2.24) is 19.9 Å². The highest BCUT2D eigenvalue weighted by Gasteiger charge is 2.57. The number of benzene rings is 1. The highest BCUT2D eigenvalue weighted by Crippen LogP contribution is 2.56. The standard InChI is InChI=1S/C23H21F5N4O/c24-22(25,26)19-15(6-11-32-17(12-13-4-5-13)30-31-20(19)32)14-2-1-3-16-18(14)23(27,28)33-21(16)7-9-29-10-8-21/h1-3,6,11,13,29H,4-5,7-10,12H2. The van der Waals surface area contributed by atoms with Gasteiger partial charge in [0.05, 0.1) is 5.56 Å². The molecule has 2 aliphatic heterocycles. The third-order valence-corrected chi connectivity index (χ3v) is 6.97. The molecule has 1 N–H and O–H groups in total. The number of ether oxygens (including phenoxy) is 1. The van der Waals surface area contributed by atoms with E-state index in [1.54, 1.807) is 6.07 Å². The number of pyridine rings is 1. The highest BCUT2D eigenvalue weighted by atomic mass is 19.4. The molecule has 1 saturated carbocycles. The first kappa shape index (κ1) is 21.0. The van der Waals surface area contributed by atoms with Crippen LogP contribution in [0.2, 0.25) is 0 Å². The van der Waals surface area contributed by atoms with Gasteiger partial charge in [-0.15, -0.1) is 10.2 Å². The van der Waals surface area contributed by atoms with E-state index < -0.39 is 29.0 Å². The molecule has 1 saturated heterocycles. The highest BCUT2D eigenvalue weighted by molar-refractivity contribution is 5.78. The minimum atomic E-state index is -4.81. The van der Waals surface area contributed by atoms with Gasteiger partial charge in [-0.05, 0) is 67.4 Å². The number of piperidine rings is 1. The lowest BCUT2D eigenvalue weighted by Crippen LogP contribution is -2.40. The number of hydrogen-bond donors (Lipinski definition) is 1. The minimum absolute atomic E-state index is 0.186. The van der Waals surface area contributed by atoms with Crippen LogP contribution >= 0.6 is 0 Å². The zero-order valence-electron chi connectivity index (χ0n) is 17.6. The van der Waals surface area contributed by atoms with Gasteiger partial charge in [-0.3, -0.25) is 4.40 Å². The van der Waals surface area contributed by atoms with Crippen molar-refractivity contribution in [2.24, 2.45) is 5.92 Å². The Hall–Kier alpha value is -2.59. The Morgan fingerprint density at radius 1 is 1.06 bits per heavy atom. The van der Waals surface area contributed by atoms with Crippen LogP contribution in [-0.4, -0.2) is 27.7 Å². The van der Waals surface area contributed by atoms with Crippen molar-refractivity contribution < 1.29 is 26.7 Å². The van der Waals surface area contributed by atoms with E-state index in [0.29, 0.717) is 44.1 Å². The summed E-state index contributed by atoms with van der Waals surface area (Å²) in [6.45, 7) is 0.978.